The maximum absolute atomic E-state index is 14.2. The molecule has 29 heavy (non-hydrogen) atoms. The number of hydrogen-bond donors (Lipinski definition) is 1. The molecule has 0 atom stereocenters. The lowest BCUT2D eigenvalue weighted by Crippen LogP contribution is -2.43. The molecule has 2 aromatic carbocycles. The summed E-state index contributed by atoms with van der Waals surface area (Å²) in [6, 6.07) is 9.23. The molecule has 0 saturated heterocycles. The molecule has 0 unspecified atom stereocenters. The zero-order chi connectivity index (χ0) is 20.5. The highest BCUT2D eigenvalue weighted by molar-refractivity contribution is 9.10. The standard InChI is InChI=1S/C18H14BrFN6O3/c1-10-22-23-24-26(10)15-7-12(3-4-13(15)20)21-17(27)8-25-14-5-2-11(19)6-16(14)29-9-18(25)28/h2-7H,8-9H2,1H3,(H,21,27). The first-order valence-corrected chi connectivity index (χ1v) is 9.29. The van der Waals surface area contributed by atoms with Gasteiger partial charge in [-0.15, -0.1) is 5.10 Å². The smallest absolute Gasteiger partial charge is 0.265 e. The third-order valence-corrected chi connectivity index (χ3v) is 4.74. The van der Waals surface area contributed by atoms with Gasteiger partial charge < -0.3 is 10.1 Å². The van der Waals surface area contributed by atoms with E-state index in [1.165, 1.54) is 27.8 Å². The molecular weight excluding hydrogens is 447 g/mol. The van der Waals surface area contributed by atoms with Crippen LogP contribution in [0.4, 0.5) is 15.8 Å². The Hall–Kier alpha value is -3.34. The first-order valence-electron chi connectivity index (χ1n) is 8.50. The number of ether oxygens (including phenoxy) is 1. The second kappa shape index (κ2) is 7.59. The van der Waals surface area contributed by atoms with Gasteiger partial charge in [0, 0.05) is 10.2 Å². The van der Waals surface area contributed by atoms with Crippen molar-refractivity contribution in [3.05, 3.63) is 52.5 Å². The number of rotatable bonds is 4. The highest BCUT2D eigenvalue weighted by atomic mass is 79.9. The molecule has 0 saturated carbocycles. The van der Waals surface area contributed by atoms with Crippen LogP contribution in [0.3, 0.4) is 0 Å². The largest absolute Gasteiger partial charge is 0.482 e. The first kappa shape index (κ1) is 19.0. The highest BCUT2D eigenvalue weighted by Crippen LogP contribution is 2.34. The third-order valence-electron chi connectivity index (χ3n) is 4.25. The first-order chi connectivity index (χ1) is 13.9. The van der Waals surface area contributed by atoms with Gasteiger partial charge in [0.05, 0.1) is 5.69 Å². The molecule has 148 valence electrons. The second-order valence-electron chi connectivity index (χ2n) is 6.23. The summed E-state index contributed by atoms with van der Waals surface area (Å²) in [5.41, 5.74) is 0.949. The fourth-order valence-electron chi connectivity index (χ4n) is 2.90. The van der Waals surface area contributed by atoms with E-state index < -0.39 is 11.7 Å². The fourth-order valence-corrected chi connectivity index (χ4v) is 3.24. The summed E-state index contributed by atoms with van der Waals surface area (Å²) in [5, 5.41) is 13.6. The van der Waals surface area contributed by atoms with Gasteiger partial charge in [0.15, 0.2) is 12.4 Å². The number of halogens is 2. The van der Waals surface area contributed by atoms with Crippen molar-refractivity contribution in [2.45, 2.75) is 6.92 Å². The monoisotopic (exact) mass is 460 g/mol. The van der Waals surface area contributed by atoms with Crippen LogP contribution < -0.4 is 15.0 Å². The van der Waals surface area contributed by atoms with E-state index in [0.29, 0.717) is 22.9 Å². The number of carbonyl (C=O) groups is 2. The quantitative estimate of drug-likeness (QED) is 0.640. The lowest BCUT2D eigenvalue weighted by atomic mass is 10.2. The van der Waals surface area contributed by atoms with Gasteiger partial charge >= 0.3 is 0 Å². The van der Waals surface area contributed by atoms with E-state index in [1.54, 1.807) is 25.1 Å². The molecule has 4 rings (SSSR count). The molecule has 3 aromatic rings. The number of anilines is 2. The normalized spacial score (nSPS) is 13.1. The molecular formula is C18H14BrFN6O3. The van der Waals surface area contributed by atoms with E-state index in [0.717, 1.165) is 4.47 Å². The molecule has 1 aliphatic heterocycles. The molecule has 0 fully saturated rings. The van der Waals surface area contributed by atoms with Crippen molar-refractivity contribution in [1.29, 1.82) is 0 Å². The Labute approximate surface area is 172 Å². The van der Waals surface area contributed by atoms with Gasteiger partial charge in [0.1, 0.15) is 23.8 Å². The van der Waals surface area contributed by atoms with Crippen molar-refractivity contribution < 1.29 is 18.7 Å². The van der Waals surface area contributed by atoms with Crippen molar-refractivity contribution in [3.63, 3.8) is 0 Å². The Morgan fingerprint density at radius 1 is 1.28 bits per heavy atom. The number of benzene rings is 2. The summed E-state index contributed by atoms with van der Waals surface area (Å²) in [4.78, 5) is 26.2. The van der Waals surface area contributed by atoms with Crippen molar-refractivity contribution >= 4 is 39.1 Å². The molecule has 0 spiro atoms. The lowest BCUT2D eigenvalue weighted by molar-refractivity contribution is -0.123. The van der Waals surface area contributed by atoms with Gasteiger partial charge in [0.25, 0.3) is 5.91 Å². The Kier molecular flexibility index (Phi) is 4.97. The summed E-state index contributed by atoms with van der Waals surface area (Å²) in [5.74, 6) is -0.417. The maximum atomic E-state index is 14.2. The Balaban J connectivity index is 1.54. The van der Waals surface area contributed by atoms with E-state index in [4.69, 9.17) is 4.74 Å². The molecule has 1 aliphatic rings. The summed E-state index contributed by atoms with van der Waals surface area (Å²) < 4.78 is 21.6. The zero-order valence-electron chi connectivity index (χ0n) is 15.1. The van der Waals surface area contributed by atoms with E-state index in [1.807, 2.05) is 0 Å². The number of hydrogen-bond acceptors (Lipinski definition) is 6. The number of nitrogens with one attached hydrogen (secondary N) is 1. The predicted octanol–water partition coefficient (Wildman–Crippen LogP) is 2.24. The van der Waals surface area contributed by atoms with Crippen LogP contribution in [0.15, 0.2) is 40.9 Å². The minimum absolute atomic E-state index is 0.0999. The molecule has 1 N–H and O–H groups in total. The van der Waals surface area contributed by atoms with Gasteiger partial charge in [0.2, 0.25) is 5.91 Å². The number of fused-ring (bicyclic) bond motifs is 1. The molecule has 0 bridgehead atoms. The van der Waals surface area contributed by atoms with E-state index in [2.05, 4.69) is 36.8 Å². The number of carbonyl (C=O) groups excluding carboxylic acids is 2. The molecule has 2 heterocycles. The Morgan fingerprint density at radius 3 is 2.86 bits per heavy atom. The van der Waals surface area contributed by atoms with Crippen molar-refractivity contribution in [3.8, 4) is 11.4 Å². The van der Waals surface area contributed by atoms with E-state index in [9.17, 15) is 14.0 Å². The van der Waals surface area contributed by atoms with Crippen molar-refractivity contribution in [1.82, 2.24) is 20.2 Å². The van der Waals surface area contributed by atoms with Crippen LogP contribution in [0.1, 0.15) is 5.82 Å². The molecule has 0 radical (unpaired) electrons. The SMILES string of the molecule is Cc1nnnn1-c1cc(NC(=O)CN2C(=O)COc3cc(Br)ccc32)ccc1F. The van der Waals surface area contributed by atoms with Crippen LogP contribution in [-0.2, 0) is 9.59 Å². The third kappa shape index (κ3) is 3.81. The van der Waals surface area contributed by atoms with Gasteiger partial charge in [-0.1, -0.05) is 15.9 Å². The van der Waals surface area contributed by atoms with Crippen LogP contribution in [0.5, 0.6) is 5.75 Å². The molecule has 9 nitrogen and oxygen atoms in total. The van der Waals surface area contributed by atoms with E-state index >= 15 is 0 Å². The number of aryl methyl sites for hydroxylation is 1. The summed E-state index contributed by atoms with van der Waals surface area (Å²) in [7, 11) is 0. The summed E-state index contributed by atoms with van der Waals surface area (Å²) in [6.45, 7) is 1.26. The minimum atomic E-state index is -0.540. The van der Waals surface area contributed by atoms with Crippen LogP contribution in [0.25, 0.3) is 5.69 Å². The minimum Gasteiger partial charge on any atom is -0.482 e. The molecule has 1 aromatic heterocycles. The van der Waals surface area contributed by atoms with Crippen molar-refractivity contribution in [2.75, 3.05) is 23.4 Å². The zero-order valence-corrected chi connectivity index (χ0v) is 16.7. The van der Waals surface area contributed by atoms with Gasteiger partial charge in [-0.2, -0.15) is 4.68 Å². The van der Waals surface area contributed by atoms with Gasteiger partial charge in [-0.25, -0.2) is 4.39 Å². The topological polar surface area (TPSA) is 102 Å². The van der Waals surface area contributed by atoms with Crippen LogP contribution in [0.2, 0.25) is 0 Å². The lowest BCUT2D eigenvalue weighted by Gasteiger charge is -2.29. The summed E-state index contributed by atoms with van der Waals surface area (Å²) in [6.07, 6.45) is 0. The number of tetrazole rings is 1. The Bertz CT molecular complexity index is 1120. The number of amides is 2. The highest BCUT2D eigenvalue weighted by Gasteiger charge is 2.27. The average Bonchev–Trinajstić information content (AvgIpc) is 3.11. The van der Waals surface area contributed by atoms with E-state index in [-0.39, 0.29) is 24.7 Å². The second-order valence-corrected chi connectivity index (χ2v) is 7.15. The number of nitrogens with zero attached hydrogens (tertiary/aromatic N) is 5. The maximum Gasteiger partial charge on any atom is 0.265 e. The van der Waals surface area contributed by atoms with Gasteiger partial charge in [-0.3, -0.25) is 14.5 Å². The van der Waals surface area contributed by atoms with Crippen LogP contribution in [-0.4, -0.2) is 45.2 Å². The van der Waals surface area contributed by atoms with Crippen LogP contribution >= 0.6 is 15.9 Å². The molecule has 2 amide bonds. The summed E-state index contributed by atoms with van der Waals surface area (Å²) >= 11 is 3.35. The number of aromatic nitrogens is 4. The predicted molar refractivity (Wildman–Crippen MR) is 104 cm³/mol. The Morgan fingerprint density at radius 2 is 2.10 bits per heavy atom. The van der Waals surface area contributed by atoms with Gasteiger partial charge in [-0.05, 0) is 53.7 Å². The average molecular weight is 461 g/mol. The van der Waals surface area contributed by atoms with Crippen LogP contribution in [0, 0.1) is 12.7 Å². The molecule has 11 heteroatoms. The van der Waals surface area contributed by atoms with Crippen molar-refractivity contribution in [2.24, 2.45) is 0 Å². The fraction of sp³-hybridized carbons (Fsp3) is 0.167. The molecule has 0 aliphatic carbocycles.